The number of hydrogen-bond acceptors (Lipinski definition) is 5. The van der Waals surface area contributed by atoms with E-state index < -0.39 is 11.2 Å². The van der Waals surface area contributed by atoms with E-state index in [2.05, 4.69) is 31.2 Å². The zero-order chi connectivity index (χ0) is 19.9. The van der Waals surface area contributed by atoms with Gasteiger partial charge in [0.1, 0.15) is 0 Å². The molecule has 2 fully saturated rings. The number of esters is 1. The van der Waals surface area contributed by atoms with Crippen LogP contribution in [0.1, 0.15) is 18.4 Å². The highest BCUT2D eigenvalue weighted by molar-refractivity contribution is 9.09. The minimum Gasteiger partial charge on any atom is -0.469 e. The molecule has 1 aliphatic carbocycles. The van der Waals surface area contributed by atoms with E-state index in [0.29, 0.717) is 25.1 Å². The molecule has 2 aromatic rings. The fraction of sp³-hybridized carbons (Fsp3) is 0.400. The Bertz CT molecular complexity index is 923. The Morgan fingerprint density at radius 1 is 1.39 bits per heavy atom. The predicted octanol–water partition coefficient (Wildman–Crippen LogP) is 2.66. The molecule has 0 radical (unpaired) electrons. The van der Waals surface area contributed by atoms with Gasteiger partial charge in [0.05, 0.1) is 29.7 Å². The van der Waals surface area contributed by atoms with Gasteiger partial charge in [0.25, 0.3) is 0 Å². The fourth-order valence-corrected chi connectivity index (χ4v) is 5.55. The van der Waals surface area contributed by atoms with Gasteiger partial charge < -0.3 is 10.1 Å². The van der Waals surface area contributed by atoms with Gasteiger partial charge >= 0.3 is 5.97 Å². The molecule has 6 nitrogen and oxygen atoms in total. The van der Waals surface area contributed by atoms with E-state index in [9.17, 15) is 14.0 Å². The third-order valence-electron chi connectivity index (χ3n) is 5.67. The molecule has 1 aliphatic heterocycles. The number of ether oxygens (including phenoxy) is 1. The number of nitrogens with zero attached hydrogens (tertiary/aromatic N) is 2. The standard InChI is InChI=1S/C20H19BrFN3O3/c1-28-19(27)20(8-13-6-15(26)25-16(13)17(20)21)7-11-3-2-4-12(5-11)18-23-9-14(22)10-24-18/h2-5,9-10,13,16-17H,6-8H2,1H3,(H,25,26)/t13-,16+,17-,20-/m0/s1. The number of methoxy groups -OCH3 is 1. The van der Waals surface area contributed by atoms with Crippen LogP contribution in [0, 0.1) is 17.2 Å². The number of carbonyl (C=O) groups excluding carboxylic acids is 2. The number of rotatable bonds is 4. The van der Waals surface area contributed by atoms with Crippen LogP contribution in [-0.2, 0) is 20.7 Å². The SMILES string of the molecule is COC(=O)[C@@]1(Cc2cccc(-c3ncc(F)cn3)c2)C[C@@H]2CC(=O)N[C@H]2[C@@H]1Br. The van der Waals surface area contributed by atoms with Crippen molar-refractivity contribution in [2.24, 2.45) is 11.3 Å². The number of aromatic nitrogens is 2. The zero-order valence-corrected chi connectivity index (χ0v) is 16.8. The summed E-state index contributed by atoms with van der Waals surface area (Å²) in [4.78, 5) is 32.4. The van der Waals surface area contributed by atoms with Crippen LogP contribution in [0.5, 0.6) is 0 Å². The van der Waals surface area contributed by atoms with Gasteiger partial charge in [-0.05, 0) is 30.4 Å². The predicted molar refractivity (Wildman–Crippen MR) is 103 cm³/mol. The van der Waals surface area contributed by atoms with Crippen LogP contribution >= 0.6 is 15.9 Å². The summed E-state index contributed by atoms with van der Waals surface area (Å²) in [5.74, 6) is -0.248. The third-order valence-corrected chi connectivity index (χ3v) is 7.12. The topological polar surface area (TPSA) is 81.2 Å². The molecule has 1 N–H and O–H groups in total. The molecular weight excluding hydrogens is 429 g/mol. The summed E-state index contributed by atoms with van der Waals surface area (Å²) < 4.78 is 18.3. The summed E-state index contributed by atoms with van der Waals surface area (Å²) in [5, 5.41) is 2.98. The molecule has 0 bridgehead atoms. The van der Waals surface area contributed by atoms with E-state index in [0.717, 1.165) is 23.5 Å². The van der Waals surface area contributed by atoms with E-state index in [1.54, 1.807) is 0 Å². The Morgan fingerprint density at radius 3 is 2.82 bits per heavy atom. The van der Waals surface area contributed by atoms with Gasteiger partial charge in [-0.25, -0.2) is 14.4 Å². The highest BCUT2D eigenvalue weighted by Gasteiger charge is 2.60. The average molecular weight is 448 g/mol. The number of halogens is 2. The first kappa shape index (κ1) is 19.0. The molecular formula is C20H19BrFN3O3. The Morgan fingerprint density at radius 2 is 2.14 bits per heavy atom. The second-order valence-corrected chi connectivity index (χ2v) is 8.40. The van der Waals surface area contributed by atoms with Crippen molar-refractivity contribution in [1.29, 1.82) is 0 Å². The van der Waals surface area contributed by atoms with Gasteiger partial charge in [0, 0.05) is 18.0 Å². The summed E-state index contributed by atoms with van der Waals surface area (Å²) >= 11 is 3.68. The molecule has 0 spiro atoms. The van der Waals surface area contributed by atoms with E-state index in [-0.39, 0.29) is 28.7 Å². The van der Waals surface area contributed by atoms with Crippen molar-refractivity contribution in [2.45, 2.75) is 30.1 Å². The lowest BCUT2D eigenvalue weighted by molar-refractivity contribution is -0.152. The summed E-state index contributed by atoms with van der Waals surface area (Å²) in [6, 6.07) is 7.46. The maximum absolute atomic E-state index is 13.1. The minimum atomic E-state index is -0.778. The lowest BCUT2D eigenvalue weighted by Gasteiger charge is -2.31. The normalized spacial score (nSPS) is 28.7. The monoisotopic (exact) mass is 447 g/mol. The van der Waals surface area contributed by atoms with E-state index >= 15 is 0 Å². The quantitative estimate of drug-likeness (QED) is 0.575. The first-order valence-electron chi connectivity index (χ1n) is 9.01. The lowest BCUT2D eigenvalue weighted by atomic mass is 9.78. The molecule has 1 saturated heterocycles. The largest absolute Gasteiger partial charge is 0.469 e. The Balaban J connectivity index is 1.65. The van der Waals surface area contributed by atoms with Gasteiger partial charge in [-0.15, -0.1) is 0 Å². The summed E-state index contributed by atoms with van der Waals surface area (Å²) in [7, 11) is 1.39. The van der Waals surface area contributed by atoms with Crippen LogP contribution in [0.3, 0.4) is 0 Å². The molecule has 2 aliphatic rings. The van der Waals surface area contributed by atoms with Gasteiger partial charge in [-0.2, -0.15) is 0 Å². The number of nitrogens with one attached hydrogen (secondary N) is 1. The van der Waals surface area contributed by atoms with Crippen LogP contribution in [0.4, 0.5) is 4.39 Å². The van der Waals surface area contributed by atoms with Gasteiger partial charge in [0.15, 0.2) is 11.6 Å². The lowest BCUT2D eigenvalue weighted by Crippen LogP contribution is -2.45. The smallest absolute Gasteiger partial charge is 0.313 e. The van der Waals surface area contributed by atoms with Crippen LogP contribution in [0.2, 0.25) is 0 Å². The maximum Gasteiger partial charge on any atom is 0.313 e. The third kappa shape index (κ3) is 3.19. The summed E-state index contributed by atoms with van der Waals surface area (Å²) in [5.41, 5.74) is 0.891. The van der Waals surface area contributed by atoms with Crippen molar-refractivity contribution in [3.63, 3.8) is 0 Å². The number of alkyl halides is 1. The Labute approximate surface area is 170 Å². The number of fused-ring (bicyclic) bond motifs is 1. The van der Waals surface area contributed by atoms with Gasteiger partial charge in [-0.1, -0.05) is 34.1 Å². The Hall–Kier alpha value is -2.35. The number of carbonyl (C=O) groups is 2. The highest BCUT2D eigenvalue weighted by atomic mass is 79.9. The van der Waals surface area contributed by atoms with Crippen molar-refractivity contribution in [1.82, 2.24) is 15.3 Å². The summed E-state index contributed by atoms with van der Waals surface area (Å²) in [6.07, 6.45) is 3.69. The molecule has 1 aromatic heterocycles. The molecule has 28 heavy (non-hydrogen) atoms. The second-order valence-electron chi connectivity index (χ2n) is 7.41. The minimum absolute atomic E-state index is 0.0216. The van der Waals surface area contributed by atoms with Crippen molar-refractivity contribution in [3.8, 4) is 11.4 Å². The van der Waals surface area contributed by atoms with E-state index in [1.165, 1.54) is 7.11 Å². The van der Waals surface area contributed by atoms with E-state index in [1.807, 2.05) is 24.3 Å². The molecule has 2 heterocycles. The summed E-state index contributed by atoms with van der Waals surface area (Å²) in [6.45, 7) is 0. The molecule has 1 amide bonds. The van der Waals surface area contributed by atoms with Crippen molar-refractivity contribution in [2.75, 3.05) is 7.11 Å². The number of amides is 1. The molecule has 0 unspecified atom stereocenters. The van der Waals surface area contributed by atoms with E-state index in [4.69, 9.17) is 4.74 Å². The molecule has 146 valence electrons. The Kier molecular flexibility index (Phi) is 4.91. The highest BCUT2D eigenvalue weighted by Crippen LogP contribution is 2.52. The van der Waals surface area contributed by atoms with Crippen molar-refractivity contribution >= 4 is 27.8 Å². The van der Waals surface area contributed by atoms with Crippen LogP contribution in [0.25, 0.3) is 11.4 Å². The van der Waals surface area contributed by atoms with Gasteiger partial charge in [-0.3, -0.25) is 9.59 Å². The number of benzene rings is 1. The molecule has 4 rings (SSSR count). The van der Waals surface area contributed by atoms with Crippen LogP contribution < -0.4 is 5.32 Å². The molecule has 8 heteroatoms. The van der Waals surface area contributed by atoms with Crippen LogP contribution in [0.15, 0.2) is 36.7 Å². The fourth-order valence-electron chi connectivity index (χ4n) is 4.45. The molecule has 1 saturated carbocycles. The first-order chi connectivity index (χ1) is 13.4. The van der Waals surface area contributed by atoms with Crippen molar-refractivity contribution in [3.05, 3.63) is 48.0 Å². The van der Waals surface area contributed by atoms with Crippen LogP contribution in [-0.4, -0.2) is 39.8 Å². The van der Waals surface area contributed by atoms with Gasteiger partial charge in [0.2, 0.25) is 5.91 Å². The van der Waals surface area contributed by atoms with Crippen molar-refractivity contribution < 1.29 is 18.7 Å². The maximum atomic E-state index is 13.1. The molecule has 4 atom stereocenters. The zero-order valence-electron chi connectivity index (χ0n) is 15.2. The molecule has 1 aromatic carbocycles. The number of hydrogen-bond donors (Lipinski definition) is 1. The average Bonchev–Trinajstić information content (AvgIpc) is 3.17. The second kappa shape index (κ2) is 7.24. The first-order valence-corrected chi connectivity index (χ1v) is 9.93.